The van der Waals surface area contributed by atoms with Crippen LogP contribution in [0.5, 0.6) is 0 Å². The van der Waals surface area contributed by atoms with Crippen LogP contribution >= 0.6 is 24.0 Å². The van der Waals surface area contributed by atoms with Gasteiger partial charge in [0, 0.05) is 52.4 Å². The lowest BCUT2D eigenvalue weighted by molar-refractivity contribution is 0.127. The fourth-order valence-corrected chi connectivity index (χ4v) is 2.72. The van der Waals surface area contributed by atoms with Gasteiger partial charge in [-0.15, -0.1) is 24.0 Å². The quantitative estimate of drug-likeness (QED) is 0.182. The molecule has 0 radical (unpaired) electrons. The van der Waals surface area contributed by atoms with Crippen LogP contribution in [0.4, 0.5) is 0 Å². The van der Waals surface area contributed by atoms with Crippen LogP contribution in [-0.4, -0.2) is 89.8 Å². The van der Waals surface area contributed by atoms with Crippen molar-refractivity contribution in [2.45, 2.75) is 19.3 Å². The van der Waals surface area contributed by atoms with Gasteiger partial charge in [-0.2, -0.15) is 0 Å². The first kappa shape index (κ1) is 23.8. The highest BCUT2D eigenvalue weighted by Crippen LogP contribution is 2.31. The van der Waals surface area contributed by atoms with Crippen molar-refractivity contribution >= 4 is 29.9 Å². The molecule has 1 aliphatic heterocycles. The highest BCUT2D eigenvalue weighted by Gasteiger charge is 2.34. The number of rotatable bonds is 11. The molecule has 144 valence electrons. The molecule has 0 aliphatic carbocycles. The summed E-state index contributed by atoms with van der Waals surface area (Å²) in [6, 6.07) is 0. The SMILES string of the molecule is CN=C(NCCCN(C)CCOC)NCC1(CCO)CCOC1.I. The minimum atomic E-state index is 0. The summed E-state index contributed by atoms with van der Waals surface area (Å²) in [6.07, 6.45) is 2.80. The molecule has 0 aromatic carbocycles. The Balaban J connectivity index is 0.00000529. The second-order valence-corrected chi connectivity index (χ2v) is 6.28. The lowest BCUT2D eigenvalue weighted by Crippen LogP contribution is -2.45. The van der Waals surface area contributed by atoms with Gasteiger partial charge in [-0.3, -0.25) is 4.99 Å². The fourth-order valence-electron chi connectivity index (χ4n) is 2.72. The average molecular weight is 458 g/mol. The van der Waals surface area contributed by atoms with Crippen LogP contribution in [-0.2, 0) is 9.47 Å². The number of likely N-dealkylation sites (N-methyl/N-ethyl adjacent to an activating group) is 1. The topological polar surface area (TPSA) is 78.4 Å². The van der Waals surface area contributed by atoms with E-state index in [1.165, 1.54) is 0 Å². The summed E-state index contributed by atoms with van der Waals surface area (Å²) in [5.41, 5.74) is 0.0345. The Bertz CT molecular complexity index is 339. The molecule has 0 amide bonds. The molecule has 1 heterocycles. The molecule has 1 atom stereocenters. The fraction of sp³-hybridized carbons (Fsp3) is 0.938. The minimum Gasteiger partial charge on any atom is -0.396 e. The number of hydrogen-bond acceptors (Lipinski definition) is 5. The van der Waals surface area contributed by atoms with Crippen LogP contribution in [0.15, 0.2) is 4.99 Å². The molecule has 0 aromatic rings. The summed E-state index contributed by atoms with van der Waals surface area (Å²) in [7, 11) is 5.61. The summed E-state index contributed by atoms with van der Waals surface area (Å²) in [6.45, 7) is 6.08. The number of aliphatic imine (C=N–C) groups is 1. The Kier molecular flexibility index (Phi) is 14.0. The van der Waals surface area contributed by atoms with Gasteiger partial charge in [-0.1, -0.05) is 0 Å². The van der Waals surface area contributed by atoms with Gasteiger partial charge in [0.15, 0.2) is 5.96 Å². The van der Waals surface area contributed by atoms with E-state index in [1.807, 2.05) is 0 Å². The van der Waals surface area contributed by atoms with Crippen LogP contribution in [0.25, 0.3) is 0 Å². The van der Waals surface area contributed by atoms with Crippen molar-refractivity contribution in [1.82, 2.24) is 15.5 Å². The van der Waals surface area contributed by atoms with Crippen LogP contribution in [0.3, 0.4) is 0 Å². The first-order valence-corrected chi connectivity index (χ1v) is 8.46. The number of methoxy groups -OCH3 is 1. The molecule has 24 heavy (non-hydrogen) atoms. The van der Waals surface area contributed by atoms with E-state index in [-0.39, 0.29) is 36.0 Å². The molecule has 0 saturated carbocycles. The minimum absolute atomic E-state index is 0. The van der Waals surface area contributed by atoms with Crippen molar-refractivity contribution < 1.29 is 14.6 Å². The van der Waals surface area contributed by atoms with E-state index in [2.05, 4.69) is 27.6 Å². The number of aliphatic hydroxyl groups is 1. The molecular formula is C16H35IN4O3. The maximum atomic E-state index is 9.26. The van der Waals surface area contributed by atoms with Gasteiger partial charge in [-0.05, 0) is 32.9 Å². The molecule has 0 aromatic heterocycles. The third-order valence-electron chi connectivity index (χ3n) is 4.37. The van der Waals surface area contributed by atoms with Crippen molar-refractivity contribution in [3.63, 3.8) is 0 Å². The Morgan fingerprint density at radius 2 is 2.17 bits per heavy atom. The molecule has 7 nitrogen and oxygen atoms in total. The van der Waals surface area contributed by atoms with Gasteiger partial charge in [0.1, 0.15) is 0 Å². The van der Waals surface area contributed by atoms with Gasteiger partial charge in [0.25, 0.3) is 0 Å². The van der Waals surface area contributed by atoms with Gasteiger partial charge in [-0.25, -0.2) is 0 Å². The Labute approximate surface area is 163 Å². The summed E-state index contributed by atoms with van der Waals surface area (Å²) in [4.78, 5) is 6.52. The normalized spacial score (nSPS) is 21.0. The van der Waals surface area contributed by atoms with Crippen LogP contribution < -0.4 is 10.6 Å². The lowest BCUT2D eigenvalue weighted by atomic mass is 9.84. The number of halogens is 1. The van der Waals surface area contributed by atoms with Crippen LogP contribution in [0.1, 0.15) is 19.3 Å². The van der Waals surface area contributed by atoms with E-state index in [9.17, 15) is 5.11 Å². The van der Waals surface area contributed by atoms with Gasteiger partial charge >= 0.3 is 0 Å². The Hall–Kier alpha value is -0.160. The smallest absolute Gasteiger partial charge is 0.190 e. The first-order chi connectivity index (χ1) is 11.2. The largest absolute Gasteiger partial charge is 0.396 e. The molecule has 8 heteroatoms. The Morgan fingerprint density at radius 1 is 1.38 bits per heavy atom. The molecule has 1 fully saturated rings. The van der Waals surface area contributed by atoms with E-state index in [0.717, 1.165) is 64.6 Å². The summed E-state index contributed by atoms with van der Waals surface area (Å²) in [5.74, 6) is 0.814. The molecular weight excluding hydrogens is 423 g/mol. The molecule has 0 spiro atoms. The third kappa shape index (κ3) is 9.36. The maximum Gasteiger partial charge on any atom is 0.190 e. The number of hydrogen-bond donors (Lipinski definition) is 3. The molecule has 1 saturated heterocycles. The standard InChI is InChI=1S/C16H34N4O3.HI/c1-17-15(18-7-4-8-20(2)9-12-22-3)19-13-16(5-10-21)6-11-23-14-16;/h21H,4-14H2,1-3H3,(H2,17,18,19);1H. The zero-order valence-electron chi connectivity index (χ0n) is 15.3. The number of guanidine groups is 1. The van der Waals surface area contributed by atoms with E-state index < -0.39 is 0 Å². The van der Waals surface area contributed by atoms with Crippen molar-refractivity contribution in [2.24, 2.45) is 10.4 Å². The second kappa shape index (κ2) is 14.1. The van der Waals surface area contributed by atoms with Gasteiger partial charge in [0.05, 0.1) is 13.2 Å². The molecule has 1 aliphatic rings. The first-order valence-electron chi connectivity index (χ1n) is 8.46. The van der Waals surface area contributed by atoms with Gasteiger partial charge in [0.2, 0.25) is 0 Å². The van der Waals surface area contributed by atoms with E-state index >= 15 is 0 Å². The van der Waals surface area contributed by atoms with Crippen molar-refractivity contribution in [2.75, 3.05) is 73.8 Å². The summed E-state index contributed by atoms with van der Waals surface area (Å²) in [5, 5.41) is 16.0. The van der Waals surface area contributed by atoms with E-state index in [0.29, 0.717) is 6.61 Å². The molecule has 0 bridgehead atoms. The second-order valence-electron chi connectivity index (χ2n) is 6.28. The molecule has 3 N–H and O–H groups in total. The zero-order chi connectivity index (χ0) is 17.0. The summed E-state index contributed by atoms with van der Waals surface area (Å²) >= 11 is 0. The number of nitrogens with one attached hydrogen (secondary N) is 2. The zero-order valence-corrected chi connectivity index (χ0v) is 17.7. The lowest BCUT2D eigenvalue weighted by Gasteiger charge is -2.27. The van der Waals surface area contributed by atoms with E-state index in [1.54, 1.807) is 14.2 Å². The predicted molar refractivity (Wildman–Crippen MR) is 108 cm³/mol. The van der Waals surface area contributed by atoms with Crippen LogP contribution in [0.2, 0.25) is 0 Å². The van der Waals surface area contributed by atoms with Crippen LogP contribution in [0, 0.1) is 5.41 Å². The molecule has 1 unspecified atom stereocenters. The van der Waals surface area contributed by atoms with E-state index in [4.69, 9.17) is 9.47 Å². The monoisotopic (exact) mass is 458 g/mol. The van der Waals surface area contributed by atoms with Crippen molar-refractivity contribution in [3.8, 4) is 0 Å². The maximum absolute atomic E-state index is 9.26. The third-order valence-corrected chi connectivity index (χ3v) is 4.37. The Morgan fingerprint density at radius 3 is 2.75 bits per heavy atom. The number of nitrogens with zero attached hydrogens (tertiary/aromatic N) is 2. The highest BCUT2D eigenvalue weighted by molar-refractivity contribution is 14.0. The van der Waals surface area contributed by atoms with Crippen molar-refractivity contribution in [1.29, 1.82) is 0 Å². The molecule has 1 rings (SSSR count). The predicted octanol–water partition coefficient (Wildman–Crippen LogP) is 0.527. The summed E-state index contributed by atoms with van der Waals surface area (Å²) < 4.78 is 10.6. The number of aliphatic hydroxyl groups excluding tert-OH is 1. The highest BCUT2D eigenvalue weighted by atomic mass is 127. The van der Waals surface area contributed by atoms with Gasteiger partial charge < -0.3 is 30.1 Å². The van der Waals surface area contributed by atoms with Crippen molar-refractivity contribution in [3.05, 3.63) is 0 Å². The average Bonchev–Trinajstić information content (AvgIpc) is 3.01. The number of ether oxygens (including phenoxy) is 2.